The van der Waals surface area contributed by atoms with E-state index in [1.165, 1.54) is 6.07 Å². The highest BCUT2D eigenvalue weighted by Gasteiger charge is 2.20. The Kier molecular flexibility index (Phi) is 6.14. The second-order valence-electron chi connectivity index (χ2n) is 4.29. The van der Waals surface area contributed by atoms with E-state index in [-0.39, 0.29) is 5.82 Å². The molecule has 0 spiro atoms. The van der Waals surface area contributed by atoms with Crippen molar-refractivity contribution in [3.63, 3.8) is 0 Å². The van der Waals surface area contributed by atoms with E-state index in [4.69, 9.17) is 0 Å². The Labute approximate surface area is 112 Å². The van der Waals surface area contributed by atoms with Crippen molar-refractivity contribution < 1.29 is 4.39 Å². The van der Waals surface area contributed by atoms with Crippen LogP contribution in [0.4, 0.5) is 4.39 Å². The van der Waals surface area contributed by atoms with Crippen LogP contribution < -0.4 is 5.32 Å². The van der Waals surface area contributed by atoms with Crippen molar-refractivity contribution in [3.05, 3.63) is 34.1 Å². The molecule has 1 nitrogen and oxygen atoms in total. The molecule has 0 saturated carbocycles. The second-order valence-corrected chi connectivity index (χ2v) is 5.14. The molecule has 0 aromatic heterocycles. The van der Waals surface area contributed by atoms with Crippen molar-refractivity contribution in [1.82, 2.24) is 5.32 Å². The first-order chi connectivity index (χ1) is 8.13. The van der Waals surface area contributed by atoms with E-state index in [1.807, 2.05) is 12.1 Å². The highest BCUT2D eigenvalue weighted by Crippen LogP contribution is 2.29. The summed E-state index contributed by atoms with van der Waals surface area (Å²) in [6.45, 7) is 7.44. The third-order valence-electron chi connectivity index (χ3n) is 3.25. The van der Waals surface area contributed by atoms with Crippen molar-refractivity contribution >= 4 is 15.9 Å². The molecule has 0 aliphatic heterocycles. The van der Waals surface area contributed by atoms with Gasteiger partial charge in [0.05, 0.1) is 4.47 Å². The van der Waals surface area contributed by atoms with Crippen molar-refractivity contribution in [1.29, 1.82) is 0 Å². The molecule has 3 heteroatoms. The molecule has 1 aromatic carbocycles. The summed E-state index contributed by atoms with van der Waals surface area (Å²) < 4.78 is 13.8. The van der Waals surface area contributed by atoms with Crippen LogP contribution in [0.2, 0.25) is 0 Å². The fraction of sp³-hybridized carbons (Fsp3) is 0.571. The molecule has 1 aromatic rings. The van der Waals surface area contributed by atoms with Gasteiger partial charge in [0.15, 0.2) is 0 Å². The molecular weight excluding hydrogens is 281 g/mol. The van der Waals surface area contributed by atoms with Crippen molar-refractivity contribution in [3.8, 4) is 0 Å². The van der Waals surface area contributed by atoms with E-state index in [0.717, 1.165) is 24.9 Å². The van der Waals surface area contributed by atoms with Crippen LogP contribution >= 0.6 is 15.9 Å². The quantitative estimate of drug-likeness (QED) is 0.805. The first kappa shape index (κ1) is 14.7. The van der Waals surface area contributed by atoms with Gasteiger partial charge < -0.3 is 5.32 Å². The van der Waals surface area contributed by atoms with Gasteiger partial charge in [-0.15, -0.1) is 0 Å². The molecule has 0 aliphatic rings. The number of hydrogen-bond acceptors (Lipinski definition) is 1. The van der Waals surface area contributed by atoms with Crippen LogP contribution in [0.5, 0.6) is 0 Å². The number of halogens is 2. The third kappa shape index (κ3) is 3.78. The molecule has 0 bridgehead atoms. The molecule has 0 amide bonds. The van der Waals surface area contributed by atoms with Crippen molar-refractivity contribution in [2.75, 3.05) is 6.54 Å². The van der Waals surface area contributed by atoms with Crippen LogP contribution in [0.1, 0.15) is 45.2 Å². The highest BCUT2D eigenvalue weighted by molar-refractivity contribution is 9.10. The van der Waals surface area contributed by atoms with E-state index >= 15 is 0 Å². The van der Waals surface area contributed by atoms with Gasteiger partial charge in [0.25, 0.3) is 0 Å². The molecule has 17 heavy (non-hydrogen) atoms. The minimum absolute atomic E-state index is 0.200. The summed E-state index contributed by atoms with van der Waals surface area (Å²) in [7, 11) is 0. The summed E-state index contributed by atoms with van der Waals surface area (Å²) >= 11 is 3.26. The van der Waals surface area contributed by atoms with Gasteiger partial charge in [-0.25, -0.2) is 4.39 Å². The smallest absolute Gasteiger partial charge is 0.137 e. The molecule has 0 saturated heterocycles. The number of hydrogen-bond donors (Lipinski definition) is 1. The van der Waals surface area contributed by atoms with E-state index in [0.29, 0.717) is 16.4 Å². The molecule has 96 valence electrons. The fourth-order valence-electron chi connectivity index (χ4n) is 2.24. The predicted octanol–water partition coefficient (Wildman–Crippen LogP) is 4.68. The summed E-state index contributed by atoms with van der Waals surface area (Å²) in [4.78, 5) is 0. The molecule has 0 heterocycles. The molecule has 1 N–H and O–H groups in total. The lowest BCUT2D eigenvalue weighted by atomic mass is 9.89. The summed E-state index contributed by atoms with van der Waals surface area (Å²) in [6.07, 6.45) is 2.26. The van der Waals surface area contributed by atoms with Gasteiger partial charge in [-0.3, -0.25) is 0 Å². The van der Waals surface area contributed by atoms with Crippen LogP contribution in [0.15, 0.2) is 22.7 Å². The maximum Gasteiger partial charge on any atom is 0.137 e. The summed E-state index contributed by atoms with van der Waals surface area (Å²) in [6, 6.07) is 5.62. The van der Waals surface area contributed by atoms with Gasteiger partial charge in [0.1, 0.15) is 5.82 Å². The molecule has 1 rings (SSSR count). The van der Waals surface area contributed by atoms with Gasteiger partial charge in [0.2, 0.25) is 0 Å². The van der Waals surface area contributed by atoms with Gasteiger partial charge in [-0.1, -0.05) is 39.7 Å². The first-order valence-electron chi connectivity index (χ1n) is 6.32. The lowest BCUT2D eigenvalue weighted by Gasteiger charge is -2.26. The minimum atomic E-state index is -0.200. The number of rotatable bonds is 6. The Morgan fingerprint density at radius 3 is 2.35 bits per heavy atom. The SMILES string of the molecule is CCNC(c1ccc(F)c(Br)c1)C(CC)CC. The van der Waals surface area contributed by atoms with Crippen LogP contribution in [0.25, 0.3) is 0 Å². The Balaban J connectivity index is 2.99. The van der Waals surface area contributed by atoms with E-state index < -0.39 is 0 Å². The highest BCUT2D eigenvalue weighted by atomic mass is 79.9. The minimum Gasteiger partial charge on any atom is -0.310 e. The Morgan fingerprint density at radius 1 is 1.24 bits per heavy atom. The Morgan fingerprint density at radius 2 is 1.88 bits per heavy atom. The van der Waals surface area contributed by atoms with Crippen molar-refractivity contribution in [2.45, 2.75) is 39.7 Å². The van der Waals surface area contributed by atoms with E-state index in [1.54, 1.807) is 0 Å². The molecule has 1 unspecified atom stereocenters. The van der Waals surface area contributed by atoms with Crippen LogP contribution in [0, 0.1) is 11.7 Å². The van der Waals surface area contributed by atoms with Gasteiger partial charge in [-0.05, 0) is 46.1 Å². The molecular formula is C14H21BrFN. The number of nitrogens with one attached hydrogen (secondary N) is 1. The van der Waals surface area contributed by atoms with Gasteiger partial charge >= 0.3 is 0 Å². The standard InChI is InChI=1S/C14H21BrFN/c1-4-10(5-2)14(17-6-3)11-7-8-13(16)12(15)9-11/h7-10,14,17H,4-6H2,1-3H3. The largest absolute Gasteiger partial charge is 0.310 e. The van der Waals surface area contributed by atoms with E-state index in [2.05, 4.69) is 42.0 Å². The molecule has 0 radical (unpaired) electrons. The summed E-state index contributed by atoms with van der Waals surface area (Å²) in [5, 5.41) is 3.50. The lowest BCUT2D eigenvalue weighted by Crippen LogP contribution is -2.27. The zero-order valence-corrected chi connectivity index (χ0v) is 12.3. The van der Waals surface area contributed by atoms with Crippen LogP contribution in [0.3, 0.4) is 0 Å². The molecule has 0 aliphatic carbocycles. The topological polar surface area (TPSA) is 12.0 Å². The number of benzene rings is 1. The summed E-state index contributed by atoms with van der Waals surface area (Å²) in [5.74, 6) is 0.390. The maximum atomic E-state index is 13.2. The third-order valence-corrected chi connectivity index (χ3v) is 3.85. The summed E-state index contributed by atoms with van der Waals surface area (Å²) in [5.41, 5.74) is 1.16. The Hall–Kier alpha value is -0.410. The average molecular weight is 302 g/mol. The zero-order chi connectivity index (χ0) is 12.8. The van der Waals surface area contributed by atoms with Crippen molar-refractivity contribution in [2.24, 2.45) is 5.92 Å². The maximum absolute atomic E-state index is 13.2. The normalized spacial score (nSPS) is 13.1. The average Bonchev–Trinajstić information content (AvgIpc) is 2.33. The monoisotopic (exact) mass is 301 g/mol. The fourth-order valence-corrected chi connectivity index (χ4v) is 2.64. The van der Waals surface area contributed by atoms with Gasteiger partial charge in [0, 0.05) is 6.04 Å². The van der Waals surface area contributed by atoms with Gasteiger partial charge in [-0.2, -0.15) is 0 Å². The van der Waals surface area contributed by atoms with Crippen LogP contribution in [-0.4, -0.2) is 6.54 Å². The van der Waals surface area contributed by atoms with E-state index in [9.17, 15) is 4.39 Å². The first-order valence-corrected chi connectivity index (χ1v) is 7.11. The second kappa shape index (κ2) is 7.12. The zero-order valence-electron chi connectivity index (χ0n) is 10.8. The molecule has 0 fully saturated rings. The Bertz CT molecular complexity index is 350. The van der Waals surface area contributed by atoms with Crippen LogP contribution in [-0.2, 0) is 0 Å². The lowest BCUT2D eigenvalue weighted by molar-refractivity contribution is 0.346. The predicted molar refractivity (Wildman–Crippen MR) is 74.6 cm³/mol. The molecule has 1 atom stereocenters.